The Hall–Kier alpha value is -1.91. The third kappa shape index (κ3) is 2.61. The summed E-state index contributed by atoms with van der Waals surface area (Å²) in [5, 5.41) is 5.16. The molecule has 0 saturated carbocycles. The van der Waals surface area contributed by atoms with Crippen LogP contribution in [-0.2, 0) is 9.59 Å². The van der Waals surface area contributed by atoms with Gasteiger partial charge in [0.15, 0.2) is 0 Å². The van der Waals surface area contributed by atoms with Crippen molar-refractivity contribution in [2.24, 2.45) is 0 Å². The fraction of sp³-hybridized carbons (Fsp3) is 0.333. The number of carbonyl (C=O) groups excluding carboxylic acids is 2. The van der Waals surface area contributed by atoms with Crippen molar-refractivity contribution in [3.63, 3.8) is 0 Å². The van der Waals surface area contributed by atoms with Gasteiger partial charge in [0, 0.05) is 12.1 Å². The zero-order valence-electron chi connectivity index (χ0n) is 9.42. The van der Waals surface area contributed by atoms with Crippen LogP contribution in [0.4, 0.5) is 10.1 Å². The molecule has 2 amide bonds. The van der Waals surface area contributed by atoms with E-state index < -0.39 is 6.04 Å². The van der Waals surface area contributed by atoms with Crippen LogP contribution in [0, 0.1) is 12.7 Å². The van der Waals surface area contributed by atoms with Gasteiger partial charge in [0.05, 0.1) is 0 Å². The second-order valence-electron chi connectivity index (χ2n) is 4.11. The molecule has 0 spiro atoms. The van der Waals surface area contributed by atoms with Gasteiger partial charge in [-0.05, 0) is 31.0 Å². The molecule has 2 rings (SSSR count). The maximum absolute atomic E-state index is 13.3. The molecule has 0 radical (unpaired) electrons. The van der Waals surface area contributed by atoms with Gasteiger partial charge >= 0.3 is 0 Å². The number of hydrogen-bond donors (Lipinski definition) is 2. The van der Waals surface area contributed by atoms with Crippen LogP contribution < -0.4 is 10.6 Å². The molecule has 1 fully saturated rings. The molecule has 0 unspecified atom stereocenters. The van der Waals surface area contributed by atoms with Crippen molar-refractivity contribution in [2.45, 2.75) is 25.8 Å². The van der Waals surface area contributed by atoms with Crippen molar-refractivity contribution in [1.29, 1.82) is 0 Å². The third-order valence-corrected chi connectivity index (χ3v) is 2.75. The van der Waals surface area contributed by atoms with E-state index in [1.54, 1.807) is 19.1 Å². The van der Waals surface area contributed by atoms with Crippen LogP contribution in [0.3, 0.4) is 0 Å². The van der Waals surface area contributed by atoms with Crippen LogP contribution in [0.5, 0.6) is 0 Å². The highest BCUT2D eigenvalue weighted by molar-refractivity contribution is 6.01. The summed E-state index contributed by atoms with van der Waals surface area (Å²) >= 11 is 0. The molecule has 1 saturated heterocycles. The van der Waals surface area contributed by atoms with E-state index in [1.165, 1.54) is 6.07 Å². The summed E-state index contributed by atoms with van der Waals surface area (Å²) in [6.45, 7) is 1.67. The fourth-order valence-electron chi connectivity index (χ4n) is 1.72. The molecule has 5 heteroatoms. The van der Waals surface area contributed by atoms with Gasteiger partial charge in [0.1, 0.15) is 11.9 Å². The Morgan fingerprint density at radius 3 is 2.82 bits per heavy atom. The van der Waals surface area contributed by atoms with Crippen molar-refractivity contribution in [3.8, 4) is 0 Å². The van der Waals surface area contributed by atoms with Gasteiger partial charge in [-0.3, -0.25) is 14.9 Å². The monoisotopic (exact) mass is 236 g/mol. The minimum Gasteiger partial charge on any atom is -0.374 e. The average Bonchev–Trinajstić information content (AvgIpc) is 2.27. The van der Waals surface area contributed by atoms with E-state index in [1.807, 2.05) is 0 Å². The zero-order valence-corrected chi connectivity index (χ0v) is 9.42. The molecule has 1 aromatic rings. The molecule has 1 heterocycles. The predicted octanol–water partition coefficient (Wildman–Crippen LogP) is 1.35. The molecule has 1 aliphatic heterocycles. The lowest BCUT2D eigenvalue weighted by Gasteiger charge is -2.22. The first-order valence-electron chi connectivity index (χ1n) is 5.42. The van der Waals surface area contributed by atoms with Crippen molar-refractivity contribution in [1.82, 2.24) is 5.32 Å². The number of halogens is 1. The highest BCUT2D eigenvalue weighted by Gasteiger charge is 2.26. The average molecular weight is 236 g/mol. The Kier molecular flexibility index (Phi) is 3.08. The van der Waals surface area contributed by atoms with Gasteiger partial charge in [0.25, 0.3) is 0 Å². The Balaban J connectivity index is 2.08. The van der Waals surface area contributed by atoms with E-state index >= 15 is 0 Å². The molecule has 4 nitrogen and oxygen atoms in total. The first-order chi connectivity index (χ1) is 8.06. The number of imide groups is 1. The van der Waals surface area contributed by atoms with Crippen LogP contribution in [-0.4, -0.2) is 17.9 Å². The summed E-state index contributed by atoms with van der Waals surface area (Å²) in [7, 11) is 0. The van der Waals surface area contributed by atoms with E-state index in [9.17, 15) is 14.0 Å². The SMILES string of the molecule is Cc1ccc(N[C@@H]2CCC(=O)NC2=O)cc1F. The summed E-state index contributed by atoms with van der Waals surface area (Å²) < 4.78 is 13.3. The van der Waals surface area contributed by atoms with Crippen molar-refractivity contribution in [2.75, 3.05) is 5.32 Å². The second-order valence-corrected chi connectivity index (χ2v) is 4.11. The first kappa shape index (κ1) is 11.6. The molecule has 0 aliphatic carbocycles. The van der Waals surface area contributed by atoms with Crippen LogP contribution in [0.15, 0.2) is 18.2 Å². The molecule has 1 atom stereocenters. The van der Waals surface area contributed by atoms with E-state index in [0.717, 1.165) is 0 Å². The summed E-state index contributed by atoms with van der Waals surface area (Å²) in [6, 6.07) is 4.22. The number of nitrogens with one attached hydrogen (secondary N) is 2. The van der Waals surface area contributed by atoms with Crippen LogP contribution in [0.1, 0.15) is 18.4 Å². The van der Waals surface area contributed by atoms with E-state index in [4.69, 9.17) is 0 Å². The van der Waals surface area contributed by atoms with Gasteiger partial charge in [-0.1, -0.05) is 6.07 Å². The van der Waals surface area contributed by atoms with Gasteiger partial charge in [-0.15, -0.1) is 0 Å². The van der Waals surface area contributed by atoms with Gasteiger partial charge in [-0.25, -0.2) is 4.39 Å². The molecule has 0 aromatic heterocycles. The minimum absolute atomic E-state index is 0.261. The Morgan fingerprint density at radius 1 is 1.41 bits per heavy atom. The molecular formula is C12H13FN2O2. The second kappa shape index (κ2) is 4.53. The van der Waals surface area contributed by atoms with Crippen LogP contribution in [0.25, 0.3) is 0 Å². The van der Waals surface area contributed by atoms with Gasteiger partial charge in [-0.2, -0.15) is 0 Å². The number of benzene rings is 1. The van der Waals surface area contributed by atoms with E-state index in [0.29, 0.717) is 24.1 Å². The molecule has 1 aromatic carbocycles. The van der Waals surface area contributed by atoms with Crippen LogP contribution >= 0.6 is 0 Å². The van der Waals surface area contributed by atoms with Crippen molar-refractivity contribution >= 4 is 17.5 Å². The lowest BCUT2D eigenvalue weighted by atomic mass is 10.1. The maximum atomic E-state index is 13.3. The third-order valence-electron chi connectivity index (χ3n) is 2.75. The Bertz CT molecular complexity index is 474. The number of anilines is 1. The largest absolute Gasteiger partial charge is 0.374 e. The standard InChI is InChI=1S/C12H13FN2O2/c1-7-2-3-8(6-9(7)13)14-10-4-5-11(16)15-12(10)17/h2-3,6,10,14H,4-5H2,1H3,(H,15,16,17)/t10-/m1/s1. The number of piperidine rings is 1. The van der Waals surface area contributed by atoms with Crippen LogP contribution in [0.2, 0.25) is 0 Å². The summed E-state index contributed by atoms with van der Waals surface area (Å²) in [5.41, 5.74) is 1.10. The first-order valence-corrected chi connectivity index (χ1v) is 5.42. The number of amides is 2. The molecule has 90 valence electrons. The Morgan fingerprint density at radius 2 is 2.18 bits per heavy atom. The lowest BCUT2D eigenvalue weighted by molar-refractivity contribution is -0.133. The number of carbonyl (C=O) groups is 2. The van der Waals surface area contributed by atoms with Crippen molar-refractivity contribution in [3.05, 3.63) is 29.6 Å². The number of aryl methyl sites for hydroxylation is 1. The molecular weight excluding hydrogens is 223 g/mol. The van der Waals surface area contributed by atoms with Gasteiger partial charge in [0.2, 0.25) is 11.8 Å². The molecule has 17 heavy (non-hydrogen) atoms. The van der Waals surface area contributed by atoms with E-state index in [-0.39, 0.29) is 17.6 Å². The summed E-state index contributed by atoms with van der Waals surface area (Å²) in [5.74, 6) is -0.937. The van der Waals surface area contributed by atoms with Crippen molar-refractivity contribution < 1.29 is 14.0 Å². The smallest absolute Gasteiger partial charge is 0.249 e. The molecule has 2 N–H and O–H groups in total. The quantitative estimate of drug-likeness (QED) is 0.762. The fourth-order valence-corrected chi connectivity index (χ4v) is 1.72. The van der Waals surface area contributed by atoms with Gasteiger partial charge < -0.3 is 5.32 Å². The summed E-state index contributed by atoms with van der Waals surface area (Å²) in [4.78, 5) is 22.4. The Labute approximate surface area is 98.2 Å². The number of hydrogen-bond acceptors (Lipinski definition) is 3. The molecule has 0 bridgehead atoms. The van der Waals surface area contributed by atoms with E-state index in [2.05, 4.69) is 10.6 Å². The minimum atomic E-state index is -0.477. The summed E-state index contributed by atoms with van der Waals surface area (Å²) in [6.07, 6.45) is 0.734. The number of rotatable bonds is 2. The zero-order chi connectivity index (χ0) is 12.4. The lowest BCUT2D eigenvalue weighted by Crippen LogP contribution is -2.47. The highest BCUT2D eigenvalue weighted by atomic mass is 19.1. The molecule has 1 aliphatic rings. The maximum Gasteiger partial charge on any atom is 0.249 e. The highest BCUT2D eigenvalue weighted by Crippen LogP contribution is 2.17. The topological polar surface area (TPSA) is 58.2 Å². The predicted molar refractivity (Wildman–Crippen MR) is 60.9 cm³/mol. The normalized spacial score (nSPS) is 20.0.